The third kappa shape index (κ3) is 3.31. The van der Waals surface area contributed by atoms with E-state index in [1.165, 1.54) is 5.69 Å². The second-order valence-corrected chi connectivity index (χ2v) is 8.41. The van der Waals surface area contributed by atoms with E-state index in [0.717, 1.165) is 54.3 Å². The van der Waals surface area contributed by atoms with Crippen LogP contribution in [-0.4, -0.2) is 33.2 Å². The van der Waals surface area contributed by atoms with E-state index >= 15 is 0 Å². The van der Waals surface area contributed by atoms with E-state index in [4.69, 9.17) is 11.6 Å². The molecule has 0 amide bonds. The first kappa shape index (κ1) is 17.7. The van der Waals surface area contributed by atoms with Crippen molar-refractivity contribution in [1.29, 1.82) is 0 Å². The fourth-order valence-electron chi connectivity index (χ4n) is 3.88. The number of thiazole rings is 1. The summed E-state index contributed by atoms with van der Waals surface area (Å²) in [4.78, 5) is 21.1. The Bertz CT molecular complexity index is 961. The molecule has 0 spiro atoms. The second kappa shape index (κ2) is 7.14. The lowest BCUT2D eigenvalue weighted by molar-refractivity contribution is 0.0809. The van der Waals surface area contributed by atoms with Gasteiger partial charge < -0.3 is 0 Å². The average molecular weight is 388 g/mol. The summed E-state index contributed by atoms with van der Waals surface area (Å²) in [5, 5.41) is 2.75. The monoisotopic (exact) mass is 387 g/mol. The number of piperidine rings is 1. The van der Waals surface area contributed by atoms with Gasteiger partial charge in [-0.1, -0.05) is 11.6 Å². The number of ketones is 1. The number of carbonyl (C=O) groups is 1. The van der Waals surface area contributed by atoms with Gasteiger partial charge in [-0.3, -0.25) is 14.1 Å². The number of likely N-dealkylation sites (tertiary alicyclic amines) is 1. The molecule has 1 atom stereocenters. The first-order valence-corrected chi connectivity index (χ1v) is 10.2. The van der Waals surface area contributed by atoms with Crippen LogP contribution in [0.25, 0.3) is 4.96 Å². The Hall–Kier alpha value is -1.69. The number of hydrogen-bond donors (Lipinski definition) is 0. The number of aromatic nitrogens is 2. The number of halogens is 1. The molecule has 136 valence electrons. The quantitative estimate of drug-likeness (QED) is 0.605. The second-order valence-electron chi connectivity index (χ2n) is 7.10. The van der Waals surface area contributed by atoms with Crippen molar-refractivity contribution < 1.29 is 4.79 Å². The first-order chi connectivity index (χ1) is 12.5. The van der Waals surface area contributed by atoms with Crippen molar-refractivity contribution in [3.8, 4) is 0 Å². The van der Waals surface area contributed by atoms with Gasteiger partial charge in [0.2, 0.25) is 0 Å². The zero-order chi connectivity index (χ0) is 18.3. The van der Waals surface area contributed by atoms with E-state index in [0.29, 0.717) is 5.02 Å². The molecule has 1 fully saturated rings. The van der Waals surface area contributed by atoms with E-state index in [1.807, 2.05) is 25.1 Å². The minimum atomic E-state index is 0.0508. The summed E-state index contributed by atoms with van der Waals surface area (Å²) >= 11 is 7.69. The molecule has 4 nitrogen and oxygen atoms in total. The minimum absolute atomic E-state index is 0.0508. The van der Waals surface area contributed by atoms with Gasteiger partial charge in [-0.2, -0.15) is 0 Å². The molecule has 26 heavy (non-hydrogen) atoms. The maximum absolute atomic E-state index is 13.0. The molecule has 1 aliphatic rings. The molecule has 0 bridgehead atoms. The van der Waals surface area contributed by atoms with Crippen LogP contribution in [0.5, 0.6) is 0 Å². The fraction of sp³-hybridized carbons (Fsp3) is 0.400. The molecule has 4 rings (SSSR count). The number of benzene rings is 1. The smallest absolute Gasteiger partial charge is 0.194 e. The van der Waals surface area contributed by atoms with Gasteiger partial charge in [0, 0.05) is 41.2 Å². The number of aryl methyl sites for hydroxylation is 2. The number of rotatable bonds is 4. The van der Waals surface area contributed by atoms with E-state index in [-0.39, 0.29) is 11.7 Å². The number of imidazole rings is 1. The summed E-state index contributed by atoms with van der Waals surface area (Å²) in [6, 6.07) is 5.55. The molecule has 6 heteroatoms. The Kier molecular flexibility index (Phi) is 4.86. The van der Waals surface area contributed by atoms with Crippen molar-refractivity contribution in [1.82, 2.24) is 14.3 Å². The summed E-state index contributed by atoms with van der Waals surface area (Å²) in [7, 11) is 0. The van der Waals surface area contributed by atoms with E-state index in [9.17, 15) is 4.79 Å². The number of fused-ring (bicyclic) bond motifs is 1. The largest absolute Gasteiger partial charge is 0.297 e. The predicted octanol–water partition coefficient (Wildman–Crippen LogP) is 4.76. The lowest BCUT2D eigenvalue weighted by Gasteiger charge is -2.32. The van der Waals surface area contributed by atoms with Gasteiger partial charge in [-0.15, -0.1) is 11.3 Å². The van der Waals surface area contributed by atoms with Gasteiger partial charge in [0.15, 0.2) is 10.7 Å². The van der Waals surface area contributed by atoms with Crippen LogP contribution in [0.1, 0.15) is 40.2 Å². The lowest BCUT2D eigenvalue weighted by Crippen LogP contribution is -2.38. The van der Waals surface area contributed by atoms with Crippen LogP contribution < -0.4 is 0 Å². The third-order valence-corrected chi connectivity index (χ3v) is 6.26. The van der Waals surface area contributed by atoms with Gasteiger partial charge in [0.05, 0.1) is 11.4 Å². The van der Waals surface area contributed by atoms with Crippen LogP contribution in [0.4, 0.5) is 0 Å². The van der Waals surface area contributed by atoms with Gasteiger partial charge >= 0.3 is 0 Å². The summed E-state index contributed by atoms with van der Waals surface area (Å²) < 4.78 is 2.18. The lowest BCUT2D eigenvalue weighted by atomic mass is 9.88. The van der Waals surface area contributed by atoms with Crippen LogP contribution in [0.3, 0.4) is 0 Å². The third-order valence-electron chi connectivity index (χ3n) is 5.26. The maximum atomic E-state index is 13.0. The summed E-state index contributed by atoms with van der Waals surface area (Å²) in [5.74, 6) is 0.296. The molecule has 0 saturated carbocycles. The van der Waals surface area contributed by atoms with Crippen molar-refractivity contribution >= 4 is 33.7 Å². The maximum Gasteiger partial charge on any atom is 0.194 e. The molecular weight excluding hydrogens is 366 g/mol. The predicted molar refractivity (Wildman–Crippen MR) is 106 cm³/mol. The first-order valence-electron chi connectivity index (χ1n) is 8.96. The molecule has 1 aliphatic heterocycles. The standard InChI is InChI=1S/C20H22ClN3OS/c1-13-10-16(21)5-6-17(13)19(25)15-4-3-7-23(11-15)12-18-14(2)22-20-24(18)8-9-26-20/h5-6,8-10,15H,3-4,7,11-12H2,1-2H3/t15-/m1/s1. The van der Waals surface area contributed by atoms with Gasteiger partial charge in [-0.05, 0) is 57.0 Å². The highest BCUT2D eigenvalue weighted by atomic mass is 35.5. The zero-order valence-electron chi connectivity index (χ0n) is 15.0. The number of carbonyl (C=O) groups excluding carboxylic acids is 1. The Morgan fingerprint density at radius 2 is 2.23 bits per heavy atom. The molecule has 3 heterocycles. The van der Waals surface area contributed by atoms with Gasteiger partial charge in [-0.25, -0.2) is 4.98 Å². The highest BCUT2D eigenvalue weighted by molar-refractivity contribution is 7.15. The van der Waals surface area contributed by atoms with Gasteiger partial charge in [0.1, 0.15) is 0 Å². The summed E-state index contributed by atoms with van der Waals surface area (Å²) in [5.41, 5.74) is 4.09. The van der Waals surface area contributed by atoms with Crippen molar-refractivity contribution in [2.75, 3.05) is 13.1 Å². The van der Waals surface area contributed by atoms with Crippen LogP contribution in [-0.2, 0) is 6.54 Å². The molecule has 0 aliphatic carbocycles. The number of Topliss-reactive ketones (excluding diaryl/α,β-unsaturated/α-hetero) is 1. The van der Waals surface area contributed by atoms with Crippen molar-refractivity contribution in [2.45, 2.75) is 33.2 Å². The number of hydrogen-bond acceptors (Lipinski definition) is 4. The van der Waals surface area contributed by atoms with Crippen LogP contribution in [0.15, 0.2) is 29.8 Å². The van der Waals surface area contributed by atoms with E-state index in [1.54, 1.807) is 11.3 Å². The Morgan fingerprint density at radius 3 is 3.04 bits per heavy atom. The van der Waals surface area contributed by atoms with Crippen LogP contribution >= 0.6 is 22.9 Å². The fourth-order valence-corrected chi connectivity index (χ4v) is 4.88. The summed E-state index contributed by atoms with van der Waals surface area (Å²) in [6.45, 7) is 6.70. The van der Waals surface area contributed by atoms with Crippen molar-refractivity contribution in [2.24, 2.45) is 5.92 Å². The highest BCUT2D eigenvalue weighted by Crippen LogP contribution is 2.26. The molecule has 0 radical (unpaired) electrons. The molecule has 1 aromatic carbocycles. The molecule has 2 aromatic heterocycles. The zero-order valence-corrected chi connectivity index (χ0v) is 16.6. The van der Waals surface area contributed by atoms with Gasteiger partial charge in [0.25, 0.3) is 0 Å². The van der Waals surface area contributed by atoms with Crippen LogP contribution in [0, 0.1) is 19.8 Å². The highest BCUT2D eigenvalue weighted by Gasteiger charge is 2.28. The van der Waals surface area contributed by atoms with E-state index < -0.39 is 0 Å². The average Bonchev–Trinajstić information content (AvgIpc) is 3.17. The SMILES string of the molecule is Cc1cc(Cl)ccc1C(=O)[C@@H]1CCCN(Cc2c(C)nc3sccn23)C1. The molecule has 3 aromatic rings. The Labute approximate surface area is 162 Å². The van der Waals surface area contributed by atoms with Crippen molar-refractivity contribution in [3.05, 3.63) is 57.3 Å². The minimum Gasteiger partial charge on any atom is -0.297 e. The molecule has 0 N–H and O–H groups in total. The molecule has 1 saturated heterocycles. The normalized spacial score (nSPS) is 18.5. The summed E-state index contributed by atoms with van der Waals surface area (Å²) in [6.07, 6.45) is 4.09. The molecular formula is C20H22ClN3OS. The number of nitrogens with zero attached hydrogens (tertiary/aromatic N) is 3. The topological polar surface area (TPSA) is 37.6 Å². The molecule has 0 unspecified atom stereocenters. The Balaban J connectivity index is 1.51. The van der Waals surface area contributed by atoms with E-state index in [2.05, 4.69) is 32.8 Å². The van der Waals surface area contributed by atoms with Crippen molar-refractivity contribution in [3.63, 3.8) is 0 Å². The van der Waals surface area contributed by atoms with Crippen LogP contribution in [0.2, 0.25) is 5.02 Å². The Morgan fingerprint density at radius 1 is 1.38 bits per heavy atom.